The largest absolute Gasteiger partial charge is 0.416 e. The van der Waals surface area contributed by atoms with Gasteiger partial charge in [0.1, 0.15) is 0 Å². The lowest BCUT2D eigenvalue weighted by atomic mass is 9.76. The minimum atomic E-state index is -4.46. The lowest BCUT2D eigenvalue weighted by molar-refractivity contribution is -0.138. The van der Waals surface area contributed by atoms with Crippen molar-refractivity contribution in [2.75, 3.05) is 23.3 Å². The number of nitrogens with one attached hydrogen (secondary N) is 1. The van der Waals surface area contributed by atoms with Crippen molar-refractivity contribution in [3.63, 3.8) is 0 Å². The molecule has 0 spiro atoms. The fraction of sp³-hybridized carbons (Fsp3) is 0.450. The van der Waals surface area contributed by atoms with Gasteiger partial charge in [-0.15, -0.1) is 0 Å². The average molecular weight is 673 g/mol. The number of halogens is 6. The van der Waals surface area contributed by atoms with Gasteiger partial charge in [0.2, 0.25) is 0 Å². The molecule has 0 atom stereocenters. The predicted octanol–water partition coefficient (Wildman–Crippen LogP) is 12.4. The van der Waals surface area contributed by atoms with Crippen LogP contribution in [-0.2, 0) is 23.2 Å². The van der Waals surface area contributed by atoms with Gasteiger partial charge in [0.15, 0.2) is 0 Å². The van der Waals surface area contributed by atoms with Crippen LogP contribution >= 0.6 is 0 Å². The molecular formula is C40H50F6N2. The molecule has 8 heteroatoms. The minimum absolute atomic E-state index is 0.430. The van der Waals surface area contributed by atoms with Gasteiger partial charge in [0.25, 0.3) is 0 Å². The maximum absolute atomic E-state index is 13.6. The first-order chi connectivity index (χ1) is 22.2. The van der Waals surface area contributed by atoms with Crippen LogP contribution < -0.4 is 10.2 Å². The molecule has 0 saturated heterocycles. The van der Waals surface area contributed by atoms with Crippen LogP contribution in [-0.4, -0.2) is 13.1 Å². The molecule has 3 rings (SSSR count). The van der Waals surface area contributed by atoms with Crippen LogP contribution in [0, 0.1) is 11.8 Å². The highest BCUT2D eigenvalue weighted by Gasteiger charge is 2.42. The van der Waals surface area contributed by atoms with E-state index in [1.165, 1.54) is 18.2 Å². The summed E-state index contributed by atoms with van der Waals surface area (Å²) in [5.41, 5.74) is 1.43. The zero-order chi connectivity index (χ0) is 36.1. The van der Waals surface area contributed by atoms with Crippen molar-refractivity contribution in [3.05, 3.63) is 119 Å². The average Bonchev–Trinajstić information content (AvgIpc) is 3.19. The van der Waals surface area contributed by atoms with E-state index >= 15 is 0 Å². The van der Waals surface area contributed by atoms with Crippen molar-refractivity contribution in [1.29, 1.82) is 0 Å². The summed E-state index contributed by atoms with van der Waals surface area (Å²) in [6, 6.07) is 7.81. The van der Waals surface area contributed by atoms with E-state index in [1.54, 1.807) is 18.2 Å². The first kappa shape index (κ1) is 38.8. The monoisotopic (exact) mass is 672 g/mol. The van der Waals surface area contributed by atoms with E-state index in [9.17, 15) is 26.3 Å². The highest BCUT2D eigenvalue weighted by molar-refractivity contribution is 5.71. The minimum Gasteiger partial charge on any atom is -0.385 e. The summed E-state index contributed by atoms with van der Waals surface area (Å²) in [6.45, 7) is 21.6. The van der Waals surface area contributed by atoms with Crippen LogP contribution in [0.2, 0.25) is 0 Å². The van der Waals surface area contributed by atoms with E-state index in [4.69, 9.17) is 0 Å². The van der Waals surface area contributed by atoms with Crippen molar-refractivity contribution in [2.45, 2.75) is 91.4 Å². The van der Waals surface area contributed by atoms with E-state index in [1.807, 2.05) is 58.1 Å². The molecule has 0 unspecified atom stereocenters. The molecule has 0 aromatic heterocycles. The van der Waals surface area contributed by atoms with Crippen LogP contribution in [0.25, 0.3) is 0 Å². The van der Waals surface area contributed by atoms with Crippen LogP contribution in [0.5, 0.6) is 0 Å². The molecule has 262 valence electrons. The molecule has 0 aliphatic carbocycles. The molecule has 0 saturated carbocycles. The van der Waals surface area contributed by atoms with Gasteiger partial charge in [-0.3, -0.25) is 0 Å². The molecule has 1 aliphatic heterocycles. The summed E-state index contributed by atoms with van der Waals surface area (Å²) in [5, 5.41) is 3.32. The molecule has 1 aliphatic rings. The zero-order valence-electron chi connectivity index (χ0n) is 29.4. The zero-order valence-corrected chi connectivity index (χ0v) is 29.4. The molecule has 1 heterocycles. The van der Waals surface area contributed by atoms with Gasteiger partial charge in [-0.25, -0.2) is 0 Å². The lowest BCUT2D eigenvalue weighted by Crippen LogP contribution is -2.27. The Morgan fingerprint density at radius 1 is 0.812 bits per heavy atom. The van der Waals surface area contributed by atoms with E-state index in [0.29, 0.717) is 47.3 Å². The number of nitrogens with zero attached hydrogens (tertiary/aromatic N) is 1. The first-order valence-corrected chi connectivity index (χ1v) is 16.5. The summed E-state index contributed by atoms with van der Waals surface area (Å²) >= 11 is 0. The van der Waals surface area contributed by atoms with E-state index in [0.717, 1.165) is 36.4 Å². The number of anilines is 2. The maximum Gasteiger partial charge on any atom is 0.416 e. The van der Waals surface area contributed by atoms with Gasteiger partial charge in [-0.1, -0.05) is 98.4 Å². The van der Waals surface area contributed by atoms with E-state index < -0.39 is 34.3 Å². The summed E-state index contributed by atoms with van der Waals surface area (Å²) in [7, 11) is 0. The molecule has 0 amide bonds. The summed E-state index contributed by atoms with van der Waals surface area (Å²) in [6.07, 6.45) is 5.78. The Morgan fingerprint density at radius 3 is 1.98 bits per heavy atom. The van der Waals surface area contributed by atoms with Crippen molar-refractivity contribution < 1.29 is 26.3 Å². The fourth-order valence-electron chi connectivity index (χ4n) is 5.76. The molecule has 2 nitrogen and oxygen atoms in total. The molecule has 0 bridgehead atoms. The number of rotatable bonds is 13. The van der Waals surface area contributed by atoms with Crippen molar-refractivity contribution in [3.8, 4) is 0 Å². The van der Waals surface area contributed by atoms with Gasteiger partial charge in [0, 0.05) is 41.0 Å². The number of hydrogen-bond donors (Lipinski definition) is 1. The Morgan fingerprint density at radius 2 is 1.38 bits per heavy atom. The normalized spacial score (nSPS) is 16.4. The quantitative estimate of drug-likeness (QED) is 0.168. The Hall–Kier alpha value is -3.68. The fourth-order valence-corrected chi connectivity index (χ4v) is 5.76. The number of hydrogen-bond acceptors (Lipinski definition) is 2. The second-order valence-electron chi connectivity index (χ2n) is 14.4. The Kier molecular flexibility index (Phi) is 12.3. The topological polar surface area (TPSA) is 15.3 Å². The Labute approximate surface area is 283 Å². The molecular weight excluding hydrogens is 622 g/mol. The number of alkyl halides is 6. The second kappa shape index (κ2) is 15.3. The van der Waals surface area contributed by atoms with E-state index in [-0.39, 0.29) is 0 Å². The number of allylic oxidation sites excluding steroid dienone is 9. The standard InChI is InChI=1S/C40H50F6N2/c1-27(2)21-23-47-34-19-17-30(39(41,42)43)25-32(34)37(6,7)29(5)15-13-11-10-12-14-16-36-38(8,9)33-26-31(40(44,45)46)18-20-35(33)48(36)24-22-28(3)4/h10-20,25-28,47H,5,21-24H2,1-4,6-9H3/b11-10+,14-12+,15-13+,36-16+. The van der Waals surface area contributed by atoms with Crippen molar-refractivity contribution in [1.82, 2.24) is 0 Å². The van der Waals surface area contributed by atoms with Crippen LogP contribution in [0.1, 0.15) is 90.5 Å². The molecule has 0 radical (unpaired) electrons. The maximum atomic E-state index is 13.6. The molecule has 48 heavy (non-hydrogen) atoms. The van der Waals surface area contributed by atoms with E-state index in [2.05, 4.69) is 44.5 Å². The van der Waals surface area contributed by atoms with Crippen LogP contribution in [0.15, 0.2) is 96.8 Å². The summed E-state index contributed by atoms with van der Waals surface area (Å²) < 4.78 is 81.6. The molecule has 2 aromatic rings. The number of fused-ring (bicyclic) bond motifs is 1. The lowest BCUT2D eigenvalue weighted by Gasteiger charge is -2.30. The second-order valence-corrected chi connectivity index (χ2v) is 14.4. The SMILES string of the molecule is C=C(/C=C/C=C/C=C/C=C1/N(CCC(C)C)c2ccc(C(F)(F)F)cc2C1(C)C)C(C)(C)c1cc(C(F)(F)F)ccc1NCCC(C)C. The predicted molar refractivity (Wildman–Crippen MR) is 188 cm³/mol. The first-order valence-electron chi connectivity index (χ1n) is 16.5. The third-order valence-corrected chi connectivity index (χ3v) is 9.01. The van der Waals surface area contributed by atoms with Crippen molar-refractivity contribution in [2.24, 2.45) is 11.8 Å². The van der Waals surface area contributed by atoms with Gasteiger partial charge < -0.3 is 10.2 Å². The Bertz CT molecular complexity index is 1550. The van der Waals surface area contributed by atoms with Gasteiger partial charge >= 0.3 is 12.4 Å². The van der Waals surface area contributed by atoms with Crippen LogP contribution in [0.4, 0.5) is 37.7 Å². The highest BCUT2D eigenvalue weighted by atomic mass is 19.4. The number of benzene rings is 2. The highest BCUT2D eigenvalue weighted by Crippen LogP contribution is 2.49. The smallest absolute Gasteiger partial charge is 0.385 e. The van der Waals surface area contributed by atoms with Gasteiger partial charge in [0.05, 0.1) is 11.1 Å². The van der Waals surface area contributed by atoms with Gasteiger partial charge in [-0.2, -0.15) is 26.3 Å². The molecule has 2 aromatic carbocycles. The summed E-state index contributed by atoms with van der Waals surface area (Å²) in [5.74, 6) is 0.883. The third-order valence-electron chi connectivity index (χ3n) is 9.01. The third kappa shape index (κ3) is 9.48. The molecule has 0 fully saturated rings. The van der Waals surface area contributed by atoms with Gasteiger partial charge in [-0.05, 0) is 83.9 Å². The van der Waals surface area contributed by atoms with Crippen LogP contribution in [0.3, 0.4) is 0 Å². The van der Waals surface area contributed by atoms with Crippen molar-refractivity contribution >= 4 is 11.4 Å². The molecule has 1 N–H and O–H groups in total. The summed E-state index contributed by atoms with van der Waals surface area (Å²) in [4.78, 5) is 2.12. The Balaban J connectivity index is 1.81.